The van der Waals surface area contributed by atoms with Crippen molar-refractivity contribution >= 4 is 16.0 Å². The maximum absolute atomic E-state index is 12.6. The summed E-state index contributed by atoms with van der Waals surface area (Å²) in [5.41, 5.74) is 0.266. The average Bonchev–Trinajstić information content (AvgIpc) is 2.46. The van der Waals surface area contributed by atoms with Gasteiger partial charge in [0, 0.05) is 12.6 Å². The number of rotatable bonds is 6. The van der Waals surface area contributed by atoms with Crippen molar-refractivity contribution in [2.45, 2.75) is 44.0 Å². The van der Waals surface area contributed by atoms with Crippen LogP contribution < -0.4 is 0 Å². The topological polar surface area (TPSA) is 63.7 Å². The van der Waals surface area contributed by atoms with Gasteiger partial charge < -0.3 is 4.74 Å². The van der Waals surface area contributed by atoms with E-state index in [2.05, 4.69) is 4.74 Å². The van der Waals surface area contributed by atoms with Crippen molar-refractivity contribution in [3.63, 3.8) is 0 Å². The van der Waals surface area contributed by atoms with E-state index in [-0.39, 0.29) is 17.3 Å². The van der Waals surface area contributed by atoms with E-state index in [1.807, 2.05) is 20.8 Å². The molecule has 0 aliphatic rings. The summed E-state index contributed by atoms with van der Waals surface area (Å²) >= 11 is 0. The van der Waals surface area contributed by atoms with E-state index < -0.39 is 15.6 Å². The third-order valence-electron chi connectivity index (χ3n) is 3.88. The summed E-state index contributed by atoms with van der Waals surface area (Å²) in [6.45, 7) is 5.72. The van der Waals surface area contributed by atoms with Crippen LogP contribution in [0.2, 0.25) is 0 Å². The Labute approximate surface area is 127 Å². The van der Waals surface area contributed by atoms with Crippen LogP contribution >= 0.6 is 0 Å². The molecule has 0 aromatic heterocycles. The van der Waals surface area contributed by atoms with Gasteiger partial charge in [0.1, 0.15) is 0 Å². The van der Waals surface area contributed by atoms with Gasteiger partial charge in [0.05, 0.1) is 18.4 Å². The molecule has 0 spiro atoms. The molecule has 1 aromatic carbocycles. The first-order chi connectivity index (χ1) is 9.65. The highest BCUT2D eigenvalue weighted by molar-refractivity contribution is 7.89. The number of sulfonamides is 1. The third-order valence-corrected chi connectivity index (χ3v) is 5.96. The molecule has 1 rings (SSSR count). The predicted molar refractivity (Wildman–Crippen MR) is 81.5 cm³/mol. The van der Waals surface area contributed by atoms with E-state index >= 15 is 0 Å². The lowest BCUT2D eigenvalue weighted by Crippen LogP contribution is -2.44. The molecule has 0 aliphatic carbocycles. The first-order valence-corrected chi connectivity index (χ1v) is 8.24. The molecule has 0 bridgehead atoms. The molecule has 0 radical (unpaired) electrons. The number of carbonyl (C=O) groups excluding carboxylic acids is 1. The highest BCUT2D eigenvalue weighted by Crippen LogP contribution is 2.25. The van der Waals surface area contributed by atoms with Crippen molar-refractivity contribution in [3.8, 4) is 0 Å². The first-order valence-electron chi connectivity index (χ1n) is 6.80. The van der Waals surface area contributed by atoms with Crippen LogP contribution in [-0.4, -0.2) is 38.4 Å². The van der Waals surface area contributed by atoms with E-state index in [9.17, 15) is 13.2 Å². The molecule has 0 heterocycles. The van der Waals surface area contributed by atoms with Crippen LogP contribution in [0.1, 0.15) is 32.8 Å². The van der Waals surface area contributed by atoms with Crippen molar-refractivity contribution in [3.05, 3.63) is 29.8 Å². The maximum Gasteiger partial charge on any atom is 0.309 e. The first kappa shape index (κ1) is 17.7. The smallest absolute Gasteiger partial charge is 0.309 e. The fourth-order valence-corrected chi connectivity index (χ4v) is 3.30. The van der Waals surface area contributed by atoms with E-state index in [1.165, 1.54) is 23.5 Å². The molecule has 0 aliphatic heterocycles. The van der Waals surface area contributed by atoms with Crippen molar-refractivity contribution in [1.29, 1.82) is 0 Å². The van der Waals surface area contributed by atoms with Crippen molar-refractivity contribution in [2.24, 2.45) is 0 Å². The summed E-state index contributed by atoms with van der Waals surface area (Å²) in [7, 11) is -0.636. The largest absolute Gasteiger partial charge is 0.469 e. The number of benzene rings is 1. The van der Waals surface area contributed by atoms with Crippen LogP contribution in [-0.2, 0) is 26.0 Å². The van der Waals surface area contributed by atoms with Gasteiger partial charge >= 0.3 is 5.97 Å². The Bertz CT molecular complexity index is 591. The standard InChI is InChI=1S/C15H23NO4S/c1-6-15(2,3)16(4)21(18,19)13-9-7-12(8-10-13)11-14(17)20-5/h7-10H,6,11H2,1-5H3. The molecule has 0 N–H and O–H groups in total. The summed E-state index contributed by atoms with van der Waals surface area (Å²) in [6.07, 6.45) is 0.844. The van der Waals surface area contributed by atoms with Crippen LogP contribution in [0.3, 0.4) is 0 Å². The SMILES string of the molecule is CCC(C)(C)N(C)S(=O)(=O)c1ccc(CC(=O)OC)cc1. The van der Waals surface area contributed by atoms with Gasteiger partial charge in [0.25, 0.3) is 0 Å². The lowest BCUT2D eigenvalue weighted by molar-refractivity contribution is -0.139. The fourth-order valence-electron chi connectivity index (χ4n) is 1.72. The second kappa shape index (κ2) is 6.58. The van der Waals surface area contributed by atoms with Gasteiger partial charge in [-0.15, -0.1) is 0 Å². The zero-order valence-electron chi connectivity index (χ0n) is 13.2. The van der Waals surface area contributed by atoms with Gasteiger partial charge in [-0.05, 0) is 38.0 Å². The van der Waals surface area contributed by atoms with Gasteiger partial charge in [0.2, 0.25) is 10.0 Å². The van der Waals surface area contributed by atoms with Crippen molar-refractivity contribution in [2.75, 3.05) is 14.2 Å². The Hall–Kier alpha value is -1.40. The van der Waals surface area contributed by atoms with Gasteiger partial charge in [-0.3, -0.25) is 4.79 Å². The summed E-state index contributed by atoms with van der Waals surface area (Å²) < 4.78 is 31.1. The molecular formula is C15H23NO4S. The number of ether oxygens (including phenoxy) is 1. The van der Waals surface area contributed by atoms with Crippen LogP contribution in [0.4, 0.5) is 0 Å². The maximum atomic E-state index is 12.6. The monoisotopic (exact) mass is 313 g/mol. The summed E-state index contributed by atoms with van der Waals surface area (Å²) in [5.74, 6) is -0.352. The second-order valence-corrected chi connectivity index (χ2v) is 7.50. The highest BCUT2D eigenvalue weighted by atomic mass is 32.2. The number of methoxy groups -OCH3 is 1. The quantitative estimate of drug-likeness (QED) is 0.755. The number of hydrogen-bond donors (Lipinski definition) is 0. The Morgan fingerprint density at radius 2 is 1.76 bits per heavy atom. The highest BCUT2D eigenvalue weighted by Gasteiger charge is 2.32. The van der Waals surface area contributed by atoms with Crippen LogP contribution in [0.5, 0.6) is 0 Å². The predicted octanol–water partition coefficient (Wildman–Crippen LogP) is 2.21. The molecule has 1 aromatic rings. The minimum atomic E-state index is -3.54. The Morgan fingerprint density at radius 3 is 2.19 bits per heavy atom. The van der Waals surface area contributed by atoms with Gasteiger partial charge in [-0.1, -0.05) is 19.1 Å². The number of carbonyl (C=O) groups is 1. The van der Waals surface area contributed by atoms with E-state index in [0.29, 0.717) is 6.42 Å². The minimum absolute atomic E-state index is 0.132. The summed E-state index contributed by atoms with van der Waals surface area (Å²) in [4.78, 5) is 11.4. The molecule has 6 heteroatoms. The third kappa shape index (κ3) is 4.04. The molecule has 0 amide bonds. The zero-order chi connectivity index (χ0) is 16.3. The minimum Gasteiger partial charge on any atom is -0.469 e. The molecule has 0 unspecified atom stereocenters. The molecule has 0 saturated carbocycles. The van der Waals surface area contributed by atoms with E-state index in [4.69, 9.17) is 0 Å². The Morgan fingerprint density at radius 1 is 1.24 bits per heavy atom. The second-order valence-electron chi connectivity index (χ2n) is 5.54. The van der Waals surface area contributed by atoms with Crippen molar-refractivity contribution in [1.82, 2.24) is 4.31 Å². The van der Waals surface area contributed by atoms with E-state index in [1.54, 1.807) is 19.2 Å². The molecule has 5 nitrogen and oxygen atoms in total. The molecule has 0 atom stereocenters. The van der Waals surface area contributed by atoms with Gasteiger partial charge in [-0.25, -0.2) is 8.42 Å². The lowest BCUT2D eigenvalue weighted by Gasteiger charge is -2.33. The molecule has 0 saturated heterocycles. The normalized spacial score (nSPS) is 12.5. The molecular weight excluding hydrogens is 290 g/mol. The van der Waals surface area contributed by atoms with E-state index in [0.717, 1.165) is 5.56 Å². The average molecular weight is 313 g/mol. The molecule has 21 heavy (non-hydrogen) atoms. The Balaban J connectivity index is 3.03. The summed E-state index contributed by atoms with van der Waals surface area (Å²) in [6, 6.07) is 6.32. The Kier molecular flexibility index (Phi) is 5.53. The summed E-state index contributed by atoms with van der Waals surface area (Å²) in [5, 5.41) is 0. The number of esters is 1. The molecule has 0 fully saturated rings. The number of nitrogens with zero attached hydrogens (tertiary/aromatic N) is 1. The van der Waals surface area contributed by atoms with Gasteiger partial charge in [0.15, 0.2) is 0 Å². The van der Waals surface area contributed by atoms with Crippen LogP contribution in [0.15, 0.2) is 29.2 Å². The van der Waals surface area contributed by atoms with Crippen molar-refractivity contribution < 1.29 is 17.9 Å². The lowest BCUT2D eigenvalue weighted by atomic mass is 10.0. The van der Waals surface area contributed by atoms with Crippen LogP contribution in [0, 0.1) is 0 Å². The fraction of sp³-hybridized carbons (Fsp3) is 0.533. The van der Waals surface area contributed by atoms with Crippen LogP contribution in [0.25, 0.3) is 0 Å². The molecule has 118 valence electrons. The van der Waals surface area contributed by atoms with Gasteiger partial charge in [-0.2, -0.15) is 4.31 Å². The number of hydrogen-bond acceptors (Lipinski definition) is 4. The zero-order valence-corrected chi connectivity index (χ0v) is 14.0.